The van der Waals surface area contributed by atoms with Crippen molar-refractivity contribution in [2.75, 3.05) is 32.8 Å². The van der Waals surface area contributed by atoms with E-state index in [1.165, 1.54) is 0 Å². The van der Waals surface area contributed by atoms with E-state index in [-0.39, 0.29) is 6.61 Å². The van der Waals surface area contributed by atoms with E-state index in [0.717, 1.165) is 0 Å². The lowest BCUT2D eigenvalue weighted by Gasteiger charge is -2.31. The van der Waals surface area contributed by atoms with Gasteiger partial charge in [0.2, 0.25) is 0 Å². The van der Waals surface area contributed by atoms with Crippen LogP contribution in [0.15, 0.2) is 0 Å². The third-order valence-corrected chi connectivity index (χ3v) is 3.62. The van der Waals surface area contributed by atoms with Crippen molar-refractivity contribution in [3.63, 3.8) is 0 Å². The second kappa shape index (κ2) is 5.76. The van der Waals surface area contributed by atoms with Gasteiger partial charge in [-0.3, -0.25) is 14.3 Å². The van der Waals surface area contributed by atoms with Crippen LogP contribution in [0.25, 0.3) is 0 Å². The van der Waals surface area contributed by atoms with Crippen LogP contribution in [0.1, 0.15) is 13.8 Å². The molecule has 1 N–H and O–H groups in total. The zero-order valence-corrected chi connectivity index (χ0v) is 9.92. The summed E-state index contributed by atoms with van der Waals surface area (Å²) >= 11 is 0. The summed E-state index contributed by atoms with van der Waals surface area (Å²) in [4.78, 5) is 5.26. The monoisotopic (exact) mass is 238 g/mol. The molecule has 15 heavy (non-hydrogen) atoms. The molecular formula is C8H18N2O4S. The molecule has 0 bridgehead atoms. The van der Waals surface area contributed by atoms with Crippen LogP contribution < -0.4 is 5.32 Å². The minimum atomic E-state index is -3.52. The SMILES string of the molecule is CCON1CCNC(S(=O)(=O)OCC)C1. The van der Waals surface area contributed by atoms with Gasteiger partial charge in [-0.25, -0.2) is 0 Å². The van der Waals surface area contributed by atoms with Crippen molar-refractivity contribution in [1.29, 1.82) is 0 Å². The standard InChI is InChI=1S/C8H18N2O4S/c1-3-13-10-6-5-9-8(7-10)15(11,12)14-4-2/h8-9H,3-7H2,1-2H3. The van der Waals surface area contributed by atoms with Crippen molar-refractivity contribution in [2.45, 2.75) is 19.2 Å². The Morgan fingerprint density at radius 1 is 1.40 bits per heavy atom. The third kappa shape index (κ3) is 3.69. The normalized spacial score (nSPS) is 24.3. The van der Waals surface area contributed by atoms with Crippen molar-refractivity contribution in [1.82, 2.24) is 10.4 Å². The number of hydrogen-bond acceptors (Lipinski definition) is 6. The van der Waals surface area contributed by atoms with Crippen molar-refractivity contribution in [3.05, 3.63) is 0 Å². The van der Waals surface area contributed by atoms with Gasteiger partial charge in [0.1, 0.15) is 0 Å². The average molecular weight is 238 g/mol. The first-order chi connectivity index (χ1) is 7.10. The van der Waals surface area contributed by atoms with Gasteiger partial charge in [-0.05, 0) is 13.8 Å². The molecule has 0 aromatic rings. The fraction of sp³-hybridized carbons (Fsp3) is 1.00. The Morgan fingerprint density at radius 2 is 2.13 bits per heavy atom. The lowest BCUT2D eigenvalue weighted by Crippen LogP contribution is -2.54. The summed E-state index contributed by atoms with van der Waals surface area (Å²) in [5, 5.41) is 3.85. The van der Waals surface area contributed by atoms with E-state index in [0.29, 0.717) is 26.2 Å². The fourth-order valence-corrected chi connectivity index (χ4v) is 2.59. The van der Waals surface area contributed by atoms with Crippen molar-refractivity contribution in [3.8, 4) is 0 Å². The molecule has 1 unspecified atom stereocenters. The zero-order chi connectivity index (χ0) is 11.3. The van der Waals surface area contributed by atoms with Gasteiger partial charge >= 0.3 is 0 Å². The summed E-state index contributed by atoms with van der Waals surface area (Å²) in [6.07, 6.45) is 0. The molecule has 7 heteroatoms. The quantitative estimate of drug-likeness (QED) is 0.653. The molecule has 1 aliphatic rings. The van der Waals surface area contributed by atoms with Gasteiger partial charge in [-0.15, -0.1) is 0 Å². The summed E-state index contributed by atoms with van der Waals surface area (Å²) in [5.74, 6) is 0. The number of hydrogen-bond donors (Lipinski definition) is 1. The van der Waals surface area contributed by atoms with E-state index >= 15 is 0 Å². The molecule has 1 aliphatic heterocycles. The minimum Gasteiger partial charge on any atom is -0.299 e. The number of nitrogens with zero attached hydrogens (tertiary/aromatic N) is 1. The predicted molar refractivity (Wildman–Crippen MR) is 55.5 cm³/mol. The van der Waals surface area contributed by atoms with E-state index in [1.54, 1.807) is 12.0 Å². The molecule has 0 aromatic carbocycles. The fourth-order valence-electron chi connectivity index (χ4n) is 1.43. The third-order valence-electron chi connectivity index (χ3n) is 2.04. The first kappa shape index (κ1) is 12.9. The van der Waals surface area contributed by atoms with Crippen LogP contribution in [-0.2, 0) is 19.1 Å². The summed E-state index contributed by atoms with van der Waals surface area (Å²) < 4.78 is 27.9. The topological polar surface area (TPSA) is 67.9 Å². The molecule has 0 amide bonds. The van der Waals surface area contributed by atoms with Gasteiger partial charge in [0.25, 0.3) is 10.1 Å². The Balaban J connectivity index is 2.55. The average Bonchev–Trinajstić information content (AvgIpc) is 2.19. The summed E-state index contributed by atoms with van der Waals surface area (Å²) in [5.41, 5.74) is 0. The lowest BCUT2D eigenvalue weighted by molar-refractivity contribution is -0.162. The summed E-state index contributed by atoms with van der Waals surface area (Å²) in [6.45, 7) is 5.80. The highest BCUT2D eigenvalue weighted by Crippen LogP contribution is 2.08. The minimum absolute atomic E-state index is 0.162. The molecule has 1 fully saturated rings. The summed E-state index contributed by atoms with van der Waals surface area (Å²) in [6, 6.07) is 0. The number of hydroxylamine groups is 2. The van der Waals surface area contributed by atoms with Gasteiger partial charge in [-0.1, -0.05) is 0 Å². The molecule has 1 saturated heterocycles. The highest BCUT2D eigenvalue weighted by Gasteiger charge is 2.31. The Labute approximate surface area is 90.6 Å². The summed E-state index contributed by atoms with van der Waals surface area (Å²) in [7, 11) is -3.52. The molecule has 0 aromatic heterocycles. The number of nitrogens with one attached hydrogen (secondary N) is 1. The molecular weight excluding hydrogens is 220 g/mol. The zero-order valence-electron chi connectivity index (χ0n) is 9.10. The van der Waals surface area contributed by atoms with Gasteiger partial charge in [-0.2, -0.15) is 13.5 Å². The first-order valence-corrected chi connectivity index (χ1v) is 6.56. The smallest absolute Gasteiger partial charge is 0.284 e. The Morgan fingerprint density at radius 3 is 2.73 bits per heavy atom. The largest absolute Gasteiger partial charge is 0.299 e. The molecule has 0 spiro atoms. The van der Waals surface area contributed by atoms with Crippen molar-refractivity contribution in [2.24, 2.45) is 0 Å². The van der Waals surface area contributed by atoms with Crippen molar-refractivity contribution < 1.29 is 17.4 Å². The van der Waals surface area contributed by atoms with E-state index in [2.05, 4.69) is 5.32 Å². The van der Waals surface area contributed by atoms with Crippen LogP contribution in [-0.4, -0.2) is 51.7 Å². The van der Waals surface area contributed by atoms with Gasteiger partial charge in [0.15, 0.2) is 5.37 Å². The Hall–Kier alpha value is -0.210. The molecule has 1 rings (SSSR count). The first-order valence-electron chi connectivity index (χ1n) is 5.09. The number of piperazine rings is 1. The van der Waals surface area contributed by atoms with Crippen LogP contribution in [0.5, 0.6) is 0 Å². The van der Waals surface area contributed by atoms with Crippen LogP contribution in [0.4, 0.5) is 0 Å². The van der Waals surface area contributed by atoms with Crippen molar-refractivity contribution >= 4 is 10.1 Å². The van der Waals surface area contributed by atoms with Gasteiger partial charge in [0.05, 0.1) is 19.8 Å². The second-order valence-electron chi connectivity index (χ2n) is 3.15. The van der Waals surface area contributed by atoms with E-state index in [1.807, 2.05) is 6.92 Å². The van der Waals surface area contributed by atoms with E-state index < -0.39 is 15.5 Å². The maximum Gasteiger partial charge on any atom is 0.284 e. The number of rotatable bonds is 5. The highest BCUT2D eigenvalue weighted by molar-refractivity contribution is 7.87. The van der Waals surface area contributed by atoms with E-state index in [4.69, 9.17) is 9.02 Å². The van der Waals surface area contributed by atoms with E-state index in [9.17, 15) is 8.42 Å². The highest BCUT2D eigenvalue weighted by atomic mass is 32.2. The molecule has 1 atom stereocenters. The molecule has 0 aliphatic carbocycles. The van der Waals surface area contributed by atoms with Gasteiger partial charge < -0.3 is 0 Å². The van der Waals surface area contributed by atoms with Crippen LogP contribution in [0, 0.1) is 0 Å². The Kier molecular flexibility index (Phi) is 4.94. The second-order valence-corrected chi connectivity index (χ2v) is 4.94. The molecule has 0 saturated carbocycles. The Bertz CT molecular complexity index is 278. The van der Waals surface area contributed by atoms with Crippen LogP contribution in [0.3, 0.4) is 0 Å². The maximum absolute atomic E-state index is 11.6. The van der Waals surface area contributed by atoms with Crippen LogP contribution >= 0.6 is 0 Å². The predicted octanol–water partition coefficient (Wildman–Crippen LogP) is -0.464. The molecule has 90 valence electrons. The van der Waals surface area contributed by atoms with Gasteiger partial charge in [0, 0.05) is 13.1 Å². The maximum atomic E-state index is 11.6. The molecule has 0 radical (unpaired) electrons. The van der Waals surface area contributed by atoms with Crippen LogP contribution in [0.2, 0.25) is 0 Å². The molecule has 6 nitrogen and oxygen atoms in total. The molecule has 1 heterocycles. The lowest BCUT2D eigenvalue weighted by atomic mass is 10.4.